The molecule has 1 unspecified atom stereocenters. The molecule has 0 fully saturated rings. The minimum atomic E-state index is -1.07. The van der Waals surface area contributed by atoms with Crippen molar-refractivity contribution in [3.63, 3.8) is 0 Å². The maximum absolute atomic E-state index is 12.7. The molecule has 0 radical (unpaired) electrons. The van der Waals surface area contributed by atoms with Crippen molar-refractivity contribution in [1.29, 1.82) is 0 Å². The van der Waals surface area contributed by atoms with Gasteiger partial charge in [-0.05, 0) is 42.5 Å². The standard InChI is InChI=1S/C21H25NO4/c1-4-13-22(21(25)26-14-17-11-6-5-7-12-17)19(20(23)24)18-15(2)9-8-10-16(18)3/h5-12,19H,4,13-14H2,1-3H3,(H,23,24). The summed E-state index contributed by atoms with van der Waals surface area (Å²) in [5, 5.41) is 9.86. The van der Waals surface area contributed by atoms with Crippen LogP contribution in [0.3, 0.4) is 0 Å². The van der Waals surface area contributed by atoms with Crippen molar-refractivity contribution in [3.05, 3.63) is 70.8 Å². The van der Waals surface area contributed by atoms with Gasteiger partial charge in [0.2, 0.25) is 0 Å². The van der Waals surface area contributed by atoms with Crippen molar-refractivity contribution in [2.45, 2.75) is 39.8 Å². The number of carbonyl (C=O) groups is 2. The Morgan fingerprint density at radius 3 is 2.19 bits per heavy atom. The lowest BCUT2D eigenvalue weighted by molar-refractivity contribution is -0.143. The maximum Gasteiger partial charge on any atom is 0.411 e. The smallest absolute Gasteiger partial charge is 0.411 e. The first-order valence-electron chi connectivity index (χ1n) is 8.72. The predicted molar refractivity (Wildman–Crippen MR) is 99.9 cm³/mol. The van der Waals surface area contributed by atoms with Crippen molar-refractivity contribution in [2.75, 3.05) is 6.54 Å². The number of hydrogen-bond acceptors (Lipinski definition) is 3. The number of hydrogen-bond donors (Lipinski definition) is 1. The van der Waals surface area contributed by atoms with Gasteiger partial charge in [-0.3, -0.25) is 4.90 Å². The first-order valence-corrected chi connectivity index (χ1v) is 8.72. The third-order valence-corrected chi connectivity index (χ3v) is 4.27. The van der Waals surface area contributed by atoms with Crippen LogP contribution < -0.4 is 0 Å². The number of carboxylic acid groups (broad SMARTS) is 1. The monoisotopic (exact) mass is 355 g/mol. The van der Waals surface area contributed by atoms with Gasteiger partial charge in [0, 0.05) is 6.54 Å². The Morgan fingerprint density at radius 1 is 1.04 bits per heavy atom. The van der Waals surface area contributed by atoms with Gasteiger partial charge < -0.3 is 9.84 Å². The summed E-state index contributed by atoms with van der Waals surface area (Å²) >= 11 is 0. The lowest BCUT2D eigenvalue weighted by Crippen LogP contribution is -2.40. The van der Waals surface area contributed by atoms with Crippen molar-refractivity contribution in [1.82, 2.24) is 4.90 Å². The summed E-state index contributed by atoms with van der Waals surface area (Å²) in [7, 11) is 0. The highest BCUT2D eigenvalue weighted by molar-refractivity contribution is 5.82. The number of nitrogens with zero attached hydrogens (tertiary/aromatic N) is 1. The fourth-order valence-electron chi connectivity index (χ4n) is 3.04. The van der Waals surface area contributed by atoms with Gasteiger partial charge in [-0.25, -0.2) is 9.59 Å². The second kappa shape index (κ2) is 9.04. The summed E-state index contributed by atoms with van der Waals surface area (Å²) < 4.78 is 5.40. The molecule has 0 aromatic heterocycles. The lowest BCUT2D eigenvalue weighted by Gasteiger charge is -2.30. The number of benzene rings is 2. The highest BCUT2D eigenvalue weighted by atomic mass is 16.6. The van der Waals surface area contributed by atoms with E-state index in [0.717, 1.165) is 16.7 Å². The van der Waals surface area contributed by atoms with E-state index >= 15 is 0 Å². The average molecular weight is 355 g/mol. The van der Waals surface area contributed by atoms with Crippen molar-refractivity contribution in [3.8, 4) is 0 Å². The van der Waals surface area contributed by atoms with Gasteiger partial charge in [0.05, 0.1) is 0 Å². The quantitative estimate of drug-likeness (QED) is 0.795. The number of aliphatic carboxylic acids is 1. The molecule has 0 saturated heterocycles. The highest BCUT2D eigenvalue weighted by Gasteiger charge is 2.33. The van der Waals surface area contributed by atoms with E-state index in [2.05, 4.69) is 0 Å². The Balaban J connectivity index is 2.29. The molecule has 5 nitrogen and oxygen atoms in total. The minimum Gasteiger partial charge on any atom is -0.479 e. The average Bonchev–Trinajstić information content (AvgIpc) is 2.62. The predicted octanol–water partition coefficient (Wildman–Crippen LogP) is 4.48. The molecule has 2 aromatic rings. The van der Waals surface area contributed by atoms with Gasteiger partial charge in [-0.1, -0.05) is 55.5 Å². The topological polar surface area (TPSA) is 66.8 Å². The molecule has 0 aliphatic carbocycles. The first-order chi connectivity index (χ1) is 12.5. The second-order valence-electron chi connectivity index (χ2n) is 6.28. The molecular weight excluding hydrogens is 330 g/mol. The Labute approximate surface area is 154 Å². The number of carbonyl (C=O) groups excluding carboxylic acids is 1. The van der Waals surface area contributed by atoms with Crippen LogP contribution in [-0.4, -0.2) is 28.6 Å². The van der Waals surface area contributed by atoms with Crippen LogP contribution in [0.25, 0.3) is 0 Å². The van der Waals surface area contributed by atoms with E-state index < -0.39 is 18.1 Å². The molecule has 2 rings (SSSR count). The van der Waals surface area contributed by atoms with Crippen LogP contribution in [0.2, 0.25) is 0 Å². The summed E-state index contributed by atoms with van der Waals surface area (Å²) in [4.78, 5) is 26.0. The van der Waals surface area contributed by atoms with Crippen LogP contribution in [0.15, 0.2) is 48.5 Å². The molecule has 2 aromatic carbocycles. The molecule has 0 bridgehead atoms. The first kappa shape index (κ1) is 19.5. The van der Waals surface area contributed by atoms with E-state index in [1.165, 1.54) is 4.90 Å². The van der Waals surface area contributed by atoms with Crippen molar-refractivity contribution in [2.24, 2.45) is 0 Å². The molecule has 0 aliphatic rings. The van der Waals surface area contributed by atoms with Crippen LogP contribution in [-0.2, 0) is 16.1 Å². The van der Waals surface area contributed by atoms with Crippen LogP contribution in [0.1, 0.15) is 41.6 Å². The zero-order valence-electron chi connectivity index (χ0n) is 15.4. The Hall–Kier alpha value is -2.82. The zero-order chi connectivity index (χ0) is 19.1. The van der Waals surface area contributed by atoms with Crippen molar-refractivity contribution >= 4 is 12.1 Å². The normalized spacial score (nSPS) is 11.7. The van der Waals surface area contributed by atoms with E-state index in [1.807, 2.05) is 69.3 Å². The third-order valence-electron chi connectivity index (χ3n) is 4.27. The van der Waals surface area contributed by atoms with Crippen LogP contribution in [0.4, 0.5) is 4.79 Å². The molecule has 1 atom stereocenters. The van der Waals surface area contributed by atoms with Gasteiger partial charge in [-0.15, -0.1) is 0 Å². The van der Waals surface area contributed by atoms with E-state index in [0.29, 0.717) is 18.5 Å². The number of ether oxygens (including phenoxy) is 1. The Bertz CT molecular complexity index is 738. The number of amides is 1. The molecule has 1 N–H and O–H groups in total. The van der Waals surface area contributed by atoms with Gasteiger partial charge in [-0.2, -0.15) is 0 Å². The molecule has 5 heteroatoms. The lowest BCUT2D eigenvalue weighted by atomic mass is 9.95. The summed E-state index contributed by atoms with van der Waals surface area (Å²) in [6.45, 7) is 6.04. The summed E-state index contributed by atoms with van der Waals surface area (Å²) in [5.74, 6) is -1.06. The van der Waals surface area contributed by atoms with Crippen LogP contribution >= 0.6 is 0 Å². The zero-order valence-corrected chi connectivity index (χ0v) is 15.4. The van der Waals surface area contributed by atoms with Gasteiger partial charge >= 0.3 is 12.1 Å². The molecule has 26 heavy (non-hydrogen) atoms. The van der Waals surface area contributed by atoms with E-state index in [9.17, 15) is 14.7 Å². The summed E-state index contributed by atoms with van der Waals surface area (Å²) in [6.07, 6.45) is 0.0144. The summed E-state index contributed by atoms with van der Waals surface area (Å²) in [5.41, 5.74) is 3.19. The van der Waals surface area contributed by atoms with Crippen molar-refractivity contribution < 1.29 is 19.4 Å². The fourth-order valence-corrected chi connectivity index (χ4v) is 3.04. The fraction of sp³-hybridized carbons (Fsp3) is 0.333. The number of rotatable bonds is 7. The van der Waals surface area contributed by atoms with Gasteiger partial charge in [0.15, 0.2) is 6.04 Å². The van der Waals surface area contributed by atoms with E-state index in [1.54, 1.807) is 0 Å². The second-order valence-corrected chi connectivity index (χ2v) is 6.28. The molecule has 0 spiro atoms. The van der Waals surface area contributed by atoms with E-state index in [4.69, 9.17) is 4.74 Å². The molecular formula is C21H25NO4. The van der Waals surface area contributed by atoms with Gasteiger partial charge in [0.1, 0.15) is 6.61 Å². The number of aryl methyl sites for hydroxylation is 2. The Morgan fingerprint density at radius 2 is 1.65 bits per heavy atom. The maximum atomic E-state index is 12.7. The minimum absolute atomic E-state index is 0.110. The largest absolute Gasteiger partial charge is 0.479 e. The van der Waals surface area contributed by atoms with Crippen LogP contribution in [0, 0.1) is 13.8 Å². The molecule has 0 heterocycles. The summed E-state index contributed by atoms with van der Waals surface area (Å²) in [6, 6.07) is 13.9. The van der Waals surface area contributed by atoms with Gasteiger partial charge in [0.25, 0.3) is 0 Å². The molecule has 1 amide bonds. The molecule has 0 saturated carbocycles. The number of carboxylic acids is 1. The van der Waals surface area contributed by atoms with Crippen LogP contribution in [0.5, 0.6) is 0 Å². The highest BCUT2D eigenvalue weighted by Crippen LogP contribution is 2.28. The SMILES string of the molecule is CCCN(C(=O)OCc1ccccc1)C(C(=O)O)c1c(C)cccc1C. The molecule has 138 valence electrons. The Kier molecular flexibility index (Phi) is 6.78. The van der Waals surface area contributed by atoms with E-state index in [-0.39, 0.29) is 6.61 Å². The molecule has 0 aliphatic heterocycles. The third kappa shape index (κ3) is 4.63.